The molecule has 106 valence electrons. The van der Waals surface area contributed by atoms with Gasteiger partial charge >= 0.3 is 0 Å². The van der Waals surface area contributed by atoms with Gasteiger partial charge in [0.05, 0.1) is 0 Å². The molecule has 19 heavy (non-hydrogen) atoms. The number of rotatable bonds is 2. The van der Waals surface area contributed by atoms with E-state index in [-0.39, 0.29) is 16.8 Å². The Morgan fingerprint density at radius 1 is 1.32 bits per heavy atom. The molecule has 0 bridgehead atoms. The standard InChI is InChI=1S/C12H20N4O2S/c1-15-8-11(12(13)14-15)19(17,18)16-7-6-9-4-2-3-5-10(9)16/h8-10H,2-7H2,1H3,(H2,13,14). The molecule has 1 aromatic heterocycles. The zero-order valence-electron chi connectivity index (χ0n) is 11.1. The molecule has 2 aliphatic rings. The van der Waals surface area contributed by atoms with Gasteiger partial charge in [0.1, 0.15) is 4.90 Å². The lowest BCUT2D eigenvalue weighted by Gasteiger charge is -2.30. The zero-order chi connectivity index (χ0) is 13.6. The predicted octanol–water partition coefficient (Wildman–Crippen LogP) is 0.955. The highest BCUT2D eigenvalue weighted by atomic mass is 32.2. The fourth-order valence-corrected chi connectivity index (χ4v) is 5.29. The second-order valence-corrected chi connectivity index (χ2v) is 7.43. The zero-order valence-corrected chi connectivity index (χ0v) is 11.9. The van der Waals surface area contributed by atoms with Crippen LogP contribution < -0.4 is 5.73 Å². The summed E-state index contributed by atoms with van der Waals surface area (Å²) in [7, 11) is -1.81. The van der Waals surface area contributed by atoms with Crippen molar-refractivity contribution in [3.63, 3.8) is 0 Å². The highest BCUT2D eigenvalue weighted by Crippen LogP contribution is 2.39. The van der Waals surface area contributed by atoms with Crippen LogP contribution in [0.25, 0.3) is 0 Å². The van der Waals surface area contributed by atoms with Crippen molar-refractivity contribution in [1.82, 2.24) is 14.1 Å². The summed E-state index contributed by atoms with van der Waals surface area (Å²) < 4.78 is 28.5. The molecule has 2 atom stereocenters. The maximum absolute atomic E-state index is 12.7. The van der Waals surface area contributed by atoms with E-state index in [1.54, 1.807) is 11.4 Å². The first-order chi connectivity index (χ1) is 9.00. The van der Waals surface area contributed by atoms with Crippen LogP contribution in [-0.2, 0) is 17.1 Å². The van der Waals surface area contributed by atoms with Gasteiger partial charge in [0, 0.05) is 25.8 Å². The molecule has 1 aliphatic heterocycles. The summed E-state index contributed by atoms with van der Waals surface area (Å²) in [6.07, 6.45) is 6.95. The molecule has 2 N–H and O–H groups in total. The van der Waals surface area contributed by atoms with Crippen LogP contribution in [0.5, 0.6) is 0 Å². The number of nitrogen functional groups attached to an aromatic ring is 1. The number of hydrogen-bond acceptors (Lipinski definition) is 4. The Balaban J connectivity index is 1.94. The third-order valence-electron chi connectivity index (χ3n) is 4.37. The van der Waals surface area contributed by atoms with Gasteiger partial charge in [-0.15, -0.1) is 0 Å². The van der Waals surface area contributed by atoms with Gasteiger partial charge in [-0.05, 0) is 25.2 Å². The number of aryl methyl sites for hydroxylation is 1. The summed E-state index contributed by atoms with van der Waals surface area (Å²) in [5, 5.41) is 3.94. The third kappa shape index (κ3) is 2.04. The third-order valence-corrected chi connectivity index (χ3v) is 6.31. The molecule has 1 aliphatic carbocycles. The van der Waals surface area contributed by atoms with E-state index in [1.165, 1.54) is 17.3 Å². The minimum atomic E-state index is -3.49. The normalized spacial score (nSPS) is 28.5. The SMILES string of the molecule is Cn1cc(S(=O)(=O)N2CCC3CCCCC32)c(N)n1. The lowest BCUT2D eigenvalue weighted by molar-refractivity contribution is 0.260. The molecule has 0 amide bonds. The largest absolute Gasteiger partial charge is 0.381 e. The monoisotopic (exact) mass is 284 g/mol. The van der Waals surface area contributed by atoms with Crippen molar-refractivity contribution in [3.8, 4) is 0 Å². The maximum Gasteiger partial charge on any atom is 0.248 e. The number of anilines is 1. The van der Waals surface area contributed by atoms with E-state index in [1.807, 2.05) is 0 Å². The van der Waals surface area contributed by atoms with Crippen LogP contribution in [0, 0.1) is 5.92 Å². The van der Waals surface area contributed by atoms with Gasteiger partial charge in [-0.3, -0.25) is 4.68 Å². The Bertz CT molecular complexity index is 581. The molecule has 0 spiro atoms. The van der Waals surface area contributed by atoms with E-state index in [9.17, 15) is 8.42 Å². The first kappa shape index (κ1) is 12.9. The van der Waals surface area contributed by atoms with Crippen molar-refractivity contribution in [1.29, 1.82) is 0 Å². The number of hydrogen-bond donors (Lipinski definition) is 1. The van der Waals surface area contributed by atoms with Gasteiger partial charge in [0.25, 0.3) is 0 Å². The van der Waals surface area contributed by atoms with Gasteiger partial charge in [-0.1, -0.05) is 12.8 Å². The summed E-state index contributed by atoms with van der Waals surface area (Å²) >= 11 is 0. The van der Waals surface area contributed by atoms with E-state index in [2.05, 4.69) is 5.10 Å². The highest BCUT2D eigenvalue weighted by molar-refractivity contribution is 7.89. The van der Waals surface area contributed by atoms with Crippen LogP contribution in [0.3, 0.4) is 0 Å². The molecule has 7 heteroatoms. The highest BCUT2D eigenvalue weighted by Gasteiger charge is 2.43. The molecular formula is C12H20N4O2S. The molecule has 6 nitrogen and oxygen atoms in total. The van der Waals surface area contributed by atoms with E-state index in [0.717, 1.165) is 25.7 Å². The van der Waals surface area contributed by atoms with E-state index >= 15 is 0 Å². The Kier molecular flexibility index (Phi) is 3.05. The average molecular weight is 284 g/mol. The van der Waals surface area contributed by atoms with Gasteiger partial charge < -0.3 is 5.73 Å². The minimum Gasteiger partial charge on any atom is -0.381 e. The molecule has 2 heterocycles. The number of nitrogens with two attached hydrogens (primary N) is 1. The summed E-state index contributed by atoms with van der Waals surface area (Å²) in [5.74, 6) is 0.628. The Hall–Kier alpha value is -1.08. The van der Waals surface area contributed by atoms with Gasteiger partial charge in [-0.2, -0.15) is 9.40 Å². The number of aromatic nitrogens is 2. The van der Waals surface area contributed by atoms with Crippen molar-refractivity contribution in [2.45, 2.75) is 43.0 Å². The number of nitrogens with zero attached hydrogens (tertiary/aromatic N) is 3. The second kappa shape index (κ2) is 4.49. The molecule has 2 fully saturated rings. The maximum atomic E-state index is 12.7. The van der Waals surface area contributed by atoms with Crippen molar-refractivity contribution in [2.75, 3.05) is 12.3 Å². The molecule has 1 saturated carbocycles. The van der Waals surface area contributed by atoms with Crippen LogP contribution >= 0.6 is 0 Å². The van der Waals surface area contributed by atoms with Crippen molar-refractivity contribution in [3.05, 3.63) is 6.20 Å². The Morgan fingerprint density at radius 2 is 2.05 bits per heavy atom. The van der Waals surface area contributed by atoms with Crippen LogP contribution in [0.15, 0.2) is 11.1 Å². The smallest absolute Gasteiger partial charge is 0.248 e. The molecule has 1 saturated heterocycles. The summed E-state index contributed by atoms with van der Waals surface area (Å²) in [5.41, 5.74) is 5.73. The minimum absolute atomic E-state index is 0.0989. The van der Waals surface area contributed by atoms with Crippen LogP contribution in [-0.4, -0.2) is 35.1 Å². The summed E-state index contributed by atoms with van der Waals surface area (Å²) in [6.45, 7) is 0.617. The predicted molar refractivity (Wildman–Crippen MR) is 71.9 cm³/mol. The van der Waals surface area contributed by atoms with Crippen LogP contribution in [0.2, 0.25) is 0 Å². The average Bonchev–Trinajstić information content (AvgIpc) is 2.93. The fraction of sp³-hybridized carbons (Fsp3) is 0.750. The number of fused-ring (bicyclic) bond motifs is 1. The molecule has 0 aromatic carbocycles. The van der Waals surface area contributed by atoms with E-state index in [0.29, 0.717) is 12.5 Å². The van der Waals surface area contributed by atoms with Crippen LogP contribution in [0.4, 0.5) is 5.82 Å². The van der Waals surface area contributed by atoms with Crippen molar-refractivity contribution >= 4 is 15.8 Å². The van der Waals surface area contributed by atoms with E-state index in [4.69, 9.17) is 5.73 Å². The van der Waals surface area contributed by atoms with Crippen molar-refractivity contribution < 1.29 is 8.42 Å². The topological polar surface area (TPSA) is 81.2 Å². The van der Waals surface area contributed by atoms with Gasteiger partial charge in [-0.25, -0.2) is 8.42 Å². The number of sulfonamides is 1. The molecule has 0 radical (unpaired) electrons. The Labute approximate surface area is 113 Å². The molecule has 2 unspecified atom stereocenters. The van der Waals surface area contributed by atoms with Gasteiger partial charge in [0.2, 0.25) is 10.0 Å². The lowest BCUT2D eigenvalue weighted by atomic mass is 9.86. The lowest BCUT2D eigenvalue weighted by Crippen LogP contribution is -2.39. The quantitative estimate of drug-likeness (QED) is 0.877. The fourth-order valence-electron chi connectivity index (χ4n) is 3.47. The van der Waals surface area contributed by atoms with Crippen molar-refractivity contribution in [2.24, 2.45) is 13.0 Å². The van der Waals surface area contributed by atoms with E-state index < -0.39 is 10.0 Å². The summed E-state index contributed by atoms with van der Waals surface area (Å²) in [6, 6.07) is 0.165. The molecular weight excluding hydrogens is 264 g/mol. The first-order valence-corrected chi connectivity index (χ1v) is 8.25. The molecule has 3 rings (SSSR count). The summed E-state index contributed by atoms with van der Waals surface area (Å²) in [4.78, 5) is 0.154. The second-order valence-electron chi connectivity index (χ2n) is 5.57. The Morgan fingerprint density at radius 3 is 2.74 bits per heavy atom. The van der Waals surface area contributed by atoms with Gasteiger partial charge in [0.15, 0.2) is 5.82 Å². The first-order valence-electron chi connectivity index (χ1n) is 6.81. The van der Waals surface area contributed by atoms with Crippen LogP contribution in [0.1, 0.15) is 32.1 Å². The molecule has 1 aromatic rings.